The first-order valence-corrected chi connectivity index (χ1v) is 12.2. The molecule has 3 atom stereocenters. The molecule has 29 heavy (non-hydrogen) atoms. The van der Waals surface area contributed by atoms with Crippen LogP contribution in [0.5, 0.6) is 0 Å². The van der Waals surface area contributed by atoms with E-state index in [0.29, 0.717) is 6.42 Å². The van der Waals surface area contributed by atoms with E-state index in [-0.39, 0.29) is 22.3 Å². The van der Waals surface area contributed by atoms with Gasteiger partial charge in [0.1, 0.15) is 0 Å². The van der Waals surface area contributed by atoms with Crippen molar-refractivity contribution in [1.82, 2.24) is 19.1 Å². The highest BCUT2D eigenvalue weighted by atomic mass is 79.9. The molecular formula is C20H30BrN5O2S. The van der Waals surface area contributed by atoms with Crippen molar-refractivity contribution in [3.63, 3.8) is 0 Å². The standard InChI is InChI=1S/C20H30BrN5O2S/c1-13-16(21)17-22-7-10-26(17)18(23-13)25-8-5-20(6-9-25)12-14(27)11-15(20)24-29(28)19(2,3)4/h7,10,14-15,24,27H,5-6,8-9,11-12H2,1-4H3/t14-,15+,29?/m0/s1. The number of imidazole rings is 1. The van der Waals surface area contributed by atoms with Crippen molar-refractivity contribution >= 4 is 38.5 Å². The van der Waals surface area contributed by atoms with E-state index >= 15 is 0 Å². The van der Waals surface area contributed by atoms with Crippen LogP contribution in [-0.2, 0) is 11.0 Å². The third-order valence-corrected chi connectivity index (χ3v) is 8.91. The van der Waals surface area contributed by atoms with Crippen molar-refractivity contribution in [2.45, 2.75) is 70.3 Å². The molecule has 0 aromatic carbocycles. The lowest BCUT2D eigenvalue weighted by atomic mass is 9.74. The van der Waals surface area contributed by atoms with Crippen LogP contribution in [-0.4, -0.2) is 53.7 Å². The van der Waals surface area contributed by atoms with Gasteiger partial charge in [0, 0.05) is 31.5 Å². The largest absolute Gasteiger partial charge is 0.393 e. The normalized spacial score (nSPS) is 25.8. The Labute approximate surface area is 183 Å². The molecule has 3 heterocycles. The van der Waals surface area contributed by atoms with Crippen molar-refractivity contribution in [2.75, 3.05) is 18.0 Å². The molecule has 1 saturated carbocycles. The lowest BCUT2D eigenvalue weighted by Crippen LogP contribution is -2.51. The number of aliphatic hydroxyl groups is 1. The fourth-order valence-electron chi connectivity index (χ4n) is 4.67. The van der Waals surface area contributed by atoms with Crippen LogP contribution >= 0.6 is 15.9 Å². The predicted molar refractivity (Wildman–Crippen MR) is 119 cm³/mol. The number of rotatable bonds is 3. The summed E-state index contributed by atoms with van der Waals surface area (Å²) in [5.41, 5.74) is 1.79. The fourth-order valence-corrected chi connectivity index (χ4v) is 6.01. The molecule has 1 aliphatic heterocycles. The molecule has 4 rings (SSSR count). The van der Waals surface area contributed by atoms with E-state index < -0.39 is 11.0 Å². The number of aryl methyl sites for hydroxylation is 1. The van der Waals surface area contributed by atoms with Gasteiger partial charge in [-0.15, -0.1) is 0 Å². The first-order chi connectivity index (χ1) is 13.6. The molecule has 2 aliphatic rings. The first kappa shape index (κ1) is 21.2. The molecule has 2 N–H and O–H groups in total. The first-order valence-electron chi connectivity index (χ1n) is 10.2. The number of anilines is 1. The van der Waals surface area contributed by atoms with Crippen LogP contribution < -0.4 is 9.62 Å². The zero-order valence-electron chi connectivity index (χ0n) is 17.5. The molecule has 0 radical (unpaired) electrons. The van der Waals surface area contributed by atoms with Gasteiger partial charge in [0.15, 0.2) is 5.65 Å². The van der Waals surface area contributed by atoms with Gasteiger partial charge in [-0.2, -0.15) is 0 Å². The average Bonchev–Trinajstić information content (AvgIpc) is 3.24. The molecule has 2 aromatic heterocycles. The van der Waals surface area contributed by atoms with Gasteiger partial charge >= 0.3 is 0 Å². The van der Waals surface area contributed by atoms with Gasteiger partial charge in [0.05, 0.1) is 32.0 Å². The number of aliphatic hydroxyl groups excluding tert-OH is 1. The van der Waals surface area contributed by atoms with Crippen molar-refractivity contribution in [3.8, 4) is 0 Å². The summed E-state index contributed by atoms with van der Waals surface area (Å²) in [6.07, 6.45) is 6.74. The monoisotopic (exact) mass is 483 g/mol. The van der Waals surface area contributed by atoms with Crippen molar-refractivity contribution in [3.05, 3.63) is 22.6 Å². The van der Waals surface area contributed by atoms with Gasteiger partial charge in [-0.3, -0.25) is 4.40 Å². The van der Waals surface area contributed by atoms with E-state index in [1.807, 2.05) is 38.3 Å². The van der Waals surface area contributed by atoms with Crippen LogP contribution in [0, 0.1) is 12.3 Å². The lowest BCUT2D eigenvalue weighted by molar-refractivity contribution is 0.139. The average molecular weight is 484 g/mol. The van der Waals surface area contributed by atoms with Crippen molar-refractivity contribution in [1.29, 1.82) is 0 Å². The third-order valence-electron chi connectivity index (χ3n) is 6.37. The topological polar surface area (TPSA) is 82.8 Å². The summed E-state index contributed by atoms with van der Waals surface area (Å²) in [6.45, 7) is 9.64. The highest BCUT2D eigenvalue weighted by Crippen LogP contribution is 2.47. The second-order valence-corrected chi connectivity index (χ2v) is 12.2. The van der Waals surface area contributed by atoms with Crippen molar-refractivity contribution in [2.24, 2.45) is 5.41 Å². The number of aromatic nitrogens is 3. The number of hydrogen-bond donors (Lipinski definition) is 2. The summed E-state index contributed by atoms with van der Waals surface area (Å²) in [4.78, 5) is 11.6. The van der Waals surface area contributed by atoms with Crippen LogP contribution in [0.2, 0.25) is 0 Å². The maximum atomic E-state index is 12.7. The lowest BCUT2D eigenvalue weighted by Gasteiger charge is -2.44. The minimum atomic E-state index is -1.14. The van der Waals surface area contributed by atoms with Crippen LogP contribution in [0.1, 0.15) is 52.1 Å². The molecule has 1 spiro atoms. The molecule has 160 valence electrons. The van der Waals surface area contributed by atoms with Crippen LogP contribution in [0.25, 0.3) is 5.65 Å². The third kappa shape index (κ3) is 3.86. The minimum Gasteiger partial charge on any atom is -0.393 e. The molecular weight excluding hydrogens is 454 g/mol. The summed E-state index contributed by atoms with van der Waals surface area (Å²) in [5, 5.41) is 10.4. The molecule has 0 amide bonds. The molecule has 7 nitrogen and oxygen atoms in total. The van der Waals surface area contributed by atoms with E-state index in [0.717, 1.165) is 54.1 Å². The number of hydrogen-bond acceptors (Lipinski definition) is 5. The van der Waals surface area contributed by atoms with Gasteiger partial charge in [-0.1, -0.05) is 0 Å². The number of halogens is 1. The maximum Gasteiger partial charge on any atom is 0.211 e. The van der Waals surface area contributed by atoms with E-state index in [4.69, 9.17) is 4.98 Å². The van der Waals surface area contributed by atoms with E-state index in [1.54, 1.807) is 6.20 Å². The Kier molecular flexibility index (Phi) is 5.55. The molecule has 1 unspecified atom stereocenters. The Bertz CT molecular complexity index is 933. The van der Waals surface area contributed by atoms with E-state index in [2.05, 4.69) is 30.5 Å². The maximum absolute atomic E-state index is 12.7. The summed E-state index contributed by atoms with van der Waals surface area (Å²) >= 11 is 3.59. The van der Waals surface area contributed by atoms with Gasteiger partial charge in [-0.25, -0.2) is 18.9 Å². The van der Waals surface area contributed by atoms with Gasteiger partial charge in [0.25, 0.3) is 0 Å². The molecule has 2 fully saturated rings. The number of nitrogens with zero attached hydrogens (tertiary/aromatic N) is 4. The minimum absolute atomic E-state index is 0.0186. The Balaban J connectivity index is 1.55. The van der Waals surface area contributed by atoms with E-state index in [1.165, 1.54) is 0 Å². The predicted octanol–water partition coefficient (Wildman–Crippen LogP) is 2.96. The molecule has 1 saturated heterocycles. The van der Waals surface area contributed by atoms with E-state index in [9.17, 15) is 9.32 Å². The van der Waals surface area contributed by atoms with Crippen molar-refractivity contribution < 1.29 is 9.32 Å². The summed E-state index contributed by atoms with van der Waals surface area (Å²) < 4.78 is 18.7. The Morgan fingerprint density at radius 2 is 2.03 bits per heavy atom. The Morgan fingerprint density at radius 1 is 1.34 bits per heavy atom. The van der Waals surface area contributed by atoms with Gasteiger partial charge < -0.3 is 10.0 Å². The highest BCUT2D eigenvalue weighted by molar-refractivity contribution is 9.10. The molecule has 9 heteroatoms. The summed E-state index contributed by atoms with van der Waals surface area (Å²) in [6, 6.07) is 0.0765. The Hall–Kier alpha value is -1.03. The molecule has 0 bridgehead atoms. The highest BCUT2D eigenvalue weighted by Gasteiger charge is 2.49. The molecule has 2 aromatic rings. The van der Waals surface area contributed by atoms with Crippen LogP contribution in [0.3, 0.4) is 0 Å². The second kappa shape index (κ2) is 7.59. The smallest absolute Gasteiger partial charge is 0.211 e. The van der Waals surface area contributed by atoms with Crippen LogP contribution in [0.4, 0.5) is 5.95 Å². The van der Waals surface area contributed by atoms with Gasteiger partial charge in [-0.05, 0) is 74.7 Å². The zero-order valence-corrected chi connectivity index (χ0v) is 19.9. The summed E-state index contributed by atoms with van der Waals surface area (Å²) in [5.74, 6) is 0.911. The van der Waals surface area contributed by atoms with Gasteiger partial charge in [0.2, 0.25) is 5.95 Å². The van der Waals surface area contributed by atoms with Crippen LogP contribution in [0.15, 0.2) is 16.9 Å². The Morgan fingerprint density at radius 3 is 2.69 bits per heavy atom. The zero-order chi connectivity index (χ0) is 21.0. The second-order valence-electron chi connectivity index (χ2n) is 9.43. The number of nitrogens with one attached hydrogen (secondary N) is 1. The SMILES string of the molecule is Cc1nc(N2CCC3(CC2)C[C@@H](O)C[C@H]3NS(=O)C(C)(C)C)n2ccnc2c1Br. The summed E-state index contributed by atoms with van der Waals surface area (Å²) in [7, 11) is -1.14. The number of piperidine rings is 1. The molecule has 1 aliphatic carbocycles. The fraction of sp³-hybridized carbons (Fsp3) is 0.700. The number of fused-ring (bicyclic) bond motifs is 1. The quantitative estimate of drug-likeness (QED) is 0.700.